The van der Waals surface area contributed by atoms with Gasteiger partial charge in [-0.2, -0.15) is 5.10 Å². The fourth-order valence-corrected chi connectivity index (χ4v) is 1.63. The first-order valence-electron chi connectivity index (χ1n) is 6.33. The summed E-state index contributed by atoms with van der Waals surface area (Å²) in [6.45, 7) is 5.37. The van der Waals surface area contributed by atoms with Gasteiger partial charge >= 0.3 is 0 Å². The van der Waals surface area contributed by atoms with Crippen molar-refractivity contribution in [2.75, 3.05) is 20.3 Å². The first-order chi connectivity index (χ1) is 9.17. The van der Waals surface area contributed by atoms with Gasteiger partial charge in [-0.3, -0.25) is 5.43 Å². The number of hydrazone groups is 1. The molecule has 0 aliphatic rings. The van der Waals surface area contributed by atoms with Gasteiger partial charge in [0.15, 0.2) is 5.11 Å². The molecule has 4 nitrogen and oxygen atoms in total. The Morgan fingerprint density at radius 3 is 2.58 bits per heavy atom. The maximum atomic E-state index is 5.09. The minimum absolute atomic E-state index is 0.501. The van der Waals surface area contributed by atoms with Gasteiger partial charge in [0.1, 0.15) is 0 Å². The van der Waals surface area contributed by atoms with Crippen LogP contribution in [0.15, 0.2) is 29.4 Å². The fraction of sp³-hybridized carbons (Fsp3) is 0.429. The van der Waals surface area contributed by atoms with Gasteiger partial charge in [0.2, 0.25) is 0 Å². The van der Waals surface area contributed by atoms with Crippen molar-refractivity contribution in [2.24, 2.45) is 5.10 Å². The normalized spacial score (nSPS) is 11.2. The Morgan fingerprint density at radius 2 is 2.00 bits per heavy atom. The molecule has 0 aromatic heterocycles. The standard InChI is InChI=1S/C14H21N3OS/c1-4-12-5-7-13(8-6-12)11(2)16-17-14(19)15-9-10-18-3/h5-8H,4,9-10H2,1-3H3,(H2,15,17,19)/b16-11-. The highest BCUT2D eigenvalue weighted by Gasteiger charge is 1.98. The number of hydrogen-bond acceptors (Lipinski definition) is 3. The van der Waals surface area contributed by atoms with E-state index in [0.29, 0.717) is 18.3 Å². The van der Waals surface area contributed by atoms with Crippen LogP contribution in [0.5, 0.6) is 0 Å². The van der Waals surface area contributed by atoms with E-state index in [-0.39, 0.29) is 0 Å². The number of ether oxygens (including phenoxy) is 1. The SMILES string of the molecule is CCc1ccc(/C(C)=N\NC(=S)NCCOC)cc1. The van der Waals surface area contributed by atoms with Gasteiger partial charge in [0, 0.05) is 13.7 Å². The van der Waals surface area contributed by atoms with E-state index in [2.05, 4.69) is 47.0 Å². The molecule has 0 saturated heterocycles. The molecule has 0 unspecified atom stereocenters. The van der Waals surface area contributed by atoms with Gasteiger partial charge in [0.25, 0.3) is 0 Å². The molecular weight excluding hydrogens is 258 g/mol. The molecule has 5 heteroatoms. The van der Waals surface area contributed by atoms with Crippen LogP contribution >= 0.6 is 12.2 Å². The molecule has 0 fully saturated rings. The molecule has 19 heavy (non-hydrogen) atoms. The third-order valence-electron chi connectivity index (χ3n) is 2.70. The minimum Gasteiger partial charge on any atom is -0.383 e. The van der Waals surface area contributed by atoms with Crippen molar-refractivity contribution >= 4 is 23.0 Å². The van der Waals surface area contributed by atoms with Crippen molar-refractivity contribution in [3.63, 3.8) is 0 Å². The second-order valence-corrected chi connectivity index (χ2v) is 4.52. The number of aryl methyl sites for hydroxylation is 1. The topological polar surface area (TPSA) is 45.7 Å². The fourth-order valence-electron chi connectivity index (χ4n) is 1.49. The largest absolute Gasteiger partial charge is 0.383 e. The molecule has 104 valence electrons. The maximum absolute atomic E-state index is 5.09. The highest BCUT2D eigenvalue weighted by Crippen LogP contribution is 2.05. The lowest BCUT2D eigenvalue weighted by molar-refractivity contribution is 0.204. The van der Waals surface area contributed by atoms with Crippen molar-refractivity contribution < 1.29 is 4.74 Å². The van der Waals surface area contributed by atoms with Crippen LogP contribution < -0.4 is 10.7 Å². The number of hydrogen-bond donors (Lipinski definition) is 2. The lowest BCUT2D eigenvalue weighted by Crippen LogP contribution is -2.34. The summed E-state index contributed by atoms with van der Waals surface area (Å²) in [6, 6.07) is 8.37. The molecule has 0 saturated carbocycles. The van der Waals surface area contributed by atoms with Crippen LogP contribution in [0.3, 0.4) is 0 Å². The van der Waals surface area contributed by atoms with E-state index < -0.39 is 0 Å². The summed E-state index contributed by atoms with van der Waals surface area (Å²) in [7, 11) is 1.65. The Labute approximate surface area is 120 Å². The molecule has 2 N–H and O–H groups in total. The summed E-state index contributed by atoms with van der Waals surface area (Å²) in [5, 5.41) is 7.75. The summed E-state index contributed by atoms with van der Waals surface area (Å²) in [4.78, 5) is 0. The van der Waals surface area contributed by atoms with Gasteiger partial charge in [-0.05, 0) is 36.7 Å². The maximum Gasteiger partial charge on any atom is 0.187 e. The van der Waals surface area contributed by atoms with Crippen LogP contribution in [0.25, 0.3) is 0 Å². The first kappa shape index (κ1) is 15.6. The summed E-state index contributed by atoms with van der Waals surface area (Å²) >= 11 is 5.09. The van der Waals surface area contributed by atoms with Crippen LogP contribution in [0.4, 0.5) is 0 Å². The monoisotopic (exact) mass is 279 g/mol. The molecule has 0 amide bonds. The predicted molar refractivity (Wildman–Crippen MR) is 83.6 cm³/mol. The summed E-state index contributed by atoms with van der Waals surface area (Å²) in [5.41, 5.74) is 6.13. The molecule has 0 bridgehead atoms. The third kappa shape index (κ3) is 5.81. The minimum atomic E-state index is 0.501. The predicted octanol–water partition coefficient (Wildman–Crippen LogP) is 2.08. The van der Waals surface area contributed by atoms with Crippen LogP contribution in [-0.4, -0.2) is 31.1 Å². The Hall–Kier alpha value is -1.46. The lowest BCUT2D eigenvalue weighted by Gasteiger charge is -2.07. The average molecular weight is 279 g/mol. The molecular formula is C14H21N3OS. The van der Waals surface area contributed by atoms with Gasteiger partial charge in [-0.15, -0.1) is 0 Å². The Kier molecular flexibility index (Phi) is 7.07. The van der Waals surface area contributed by atoms with Gasteiger partial charge in [0.05, 0.1) is 12.3 Å². The summed E-state index contributed by atoms with van der Waals surface area (Å²) in [6.07, 6.45) is 1.04. The average Bonchev–Trinajstić information content (AvgIpc) is 2.45. The van der Waals surface area contributed by atoms with E-state index >= 15 is 0 Å². The molecule has 0 radical (unpaired) electrons. The number of methoxy groups -OCH3 is 1. The number of thiocarbonyl (C=S) groups is 1. The second-order valence-electron chi connectivity index (χ2n) is 4.11. The Bertz CT molecular complexity index is 429. The van der Waals surface area contributed by atoms with Gasteiger partial charge < -0.3 is 10.1 Å². The van der Waals surface area contributed by atoms with E-state index in [0.717, 1.165) is 17.7 Å². The smallest absolute Gasteiger partial charge is 0.187 e. The van der Waals surface area contributed by atoms with Crippen molar-refractivity contribution in [1.29, 1.82) is 0 Å². The van der Waals surface area contributed by atoms with E-state index in [1.165, 1.54) is 5.56 Å². The van der Waals surface area contributed by atoms with E-state index in [9.17, 15) is 0 Å². The van der Waals surface area contributed by atoms with Crippen LogP contribution in [0, 0.1) is 0 Å². The zero-order chi connectivity index (χ0) is 14.1. The van der Waals surface area contributed by atoms with Crippen molar-refractivity contribution in [2.45, 2.75) is 20.3 Å². The van der Waals surface area contributed by atoms with E-state index in [1.807, 2.05) is 6.92 Å². The molecule has 1 aromatic carbocycles. The van der Waals surface area contributed by atoms with Crippen LogP contribution in [0.1, 0.15) is 25.0 Å². The van der Waals surface area contributed by atoms with Crippen LogP contribution in [0.2, 0.25) is 0 Å². The molecule has 0 heterocycles. The second kappa shape index (κ2) is 8.61. The molecule has 0 spiro atoms. The Balaban J connectivity index is 2.49. The van der Waals surface area contributed by atoms with Crippen molar-refractivity contribution in [3.8, 4) is 0 Å². The van der Waals surface area contributed by atoms with Gasteiger partial charge in [-0.25, -0.2) is 0 Å². The summed E-state index contributed by atoms with van der Waals surface area (Å²) in [5.74, 6) is 0. The third-order valence-corrected chi connectivity index (χ3v) is 2.93. The highest BCUT2D eigenvalue weighted by molar-refractivity contribution is 7.80. The number of rotatable bonds is 6. The quantitative estimate of drug-likeness (QED) is 0.362. The zero-order valence-corrected chi connectivity index (χ0v) is 12.5. The van der Waals surface area contributed by atoms with Gasteiger partial charge in [-0.1, -0.05) is 31.2 Å². The number of nitrogens with one attached hydrogen (secondary N) is 2. The van der Waals surface area contributed by atoms with Crippen molar-refractivity contribution in [3.05, 3.63) is 35.4 Å². The van der Waals surface area contributed by atoms with Crippen LogP contribution in [-0.2, 0) is 11.2 Å². The number of benzene rings is 1. The van der Waals surface area contributed by atoms with E-state index in [4.69, 9.17) is 17.0 Å². The molecule has 0 aliphatic carbocycles. The van der Waals surface area contributed by atoms with E-state index in [1.54, 1.807) is 7.11 Å². The molecule has 1 rings (SSSR count). The zero-order valence-electron chi connectivity index (χ0n) is 11.7. The first-order valence-corrected chi connectivity index (χ1v) is 6.74. The highest BCUT2D eigenvalue weighted by atomic mass is 32.1. The number of nitrogens with zero attached hydrogens (tertiary/aromatic N) is 1. The molecule has 0 atom stereocenters. The summed E-state index contributed by atoms with van der Waals surface area (Å²) < 4.78 is 4.92. The lowest BCUT2D eigenvalue weighted by atomic mass is 10.1. The molecule has 1 aromatic rings. The van der Waals surface area contributed by atoms with Crippen molar-refractivity contribution in [1.82, 2.24) is 10.7 Å². The Morgan fingerprint density at radius 1 is 1.32 bits per heavy atom. The molecule has 0 aliphatic heterocycles.